The number of carbonyl (C=O) groups excluding carboxylic acids is 1. The Hall–Kier alpha value is -2.96. The van der Waals surface area contributed by atoms with Crippen LogP contribution in [0, 0.1) is 0 Å². The van der Waals surface area contributed by atoms with Gasteiger partial charge in [0.15, 0.2) is 0 Å². The highest BCUT2D eigenvalue weighted by atomic mass is 19.4. The van der Waals surface area contributed by atoms with Gasteiger partial charge in [-0.15, -0.1) is 0 Å². The molecule has 1 atom stereocenters. The second-order valence-corrected chi connectivity index (χ2v) is 5.82. The van der Waals surface area contributed by atoms with E-state index in [0.29, 0.717) is 22.0 Å². The van der Waals surface area contributed by atoms with Crippen LogP contribution in [0.4, 0.5) is 13.2 Å². The summed E-state index contributed by atoms with van der Waals surface area (Å²) in [6, 6.07) is 9.42. The number of benzene rings is 1. The second-order valence-electron chi connectivity index (χ2n) is 5.82. The molecule has 3 aromatic rings. The largest absolute Gasteiger partial charge is 0.465 e. The summed E-state index contributed by atoms with van der Waals surface area (Å²) in [6.45, 7) is 1.80. The van der Waals surface area contributed by atoms with E-state index in [0.717, 1.165) is 17.8 Å². The Balaban J connectivity index is 2.07. The van der Waals surface area contributed by atoms with Crippen LogP contribution in [0.25, 0.3) is 10.9 Å². The number of alkyl halides is 3. The summed E-state index contributed by atoms with van der Waals surface area (Å²) in [5.41, 5.74) is 1.27. The number of esters is 1. The molecule has 0 aliphatic carbocycles. The molecule has 0 radical (unpaired) electrons. The lowest BCUT2D eigenvalue weighted by Crippen LogP contribution is -2.09. The van der Waals surface area contributed by atoms with Gasteiger partial charge in [0.1, 0.15) is 5.69 Å². The molecule has 0 aliphatic rings. The first-order chi connectivity index (χ1) is 12.3. The Kier molecular flexibility index (Phi) is 4.63. The Morgan fingerprint density at radius 1 is 1.04 bits per heavy atom. The molecule has 134 valence electrons. The van der Waals surface area contributed by atoms with Crippen molar-refractivity contribution in [2.75, 3.05) is 7.11 Å². The van der Waals surface area contributed by atoms with E-state index in [2.05, 4.69) is 9.97 Å². The number of halogens is 3. The fourth-order valence-corrected chi connectivity index (χ4v) is 2.78. The topological polar surface area (TPSA) is 52.1 Å². The van der Waals surface area contributed by atoms with Gasteiger partial charge < -0.3 is 4.74 Å². The first kappa shape index (κ1) is 17.8. The molecule has 0 saturated heterocycles. The molecule has 0 saturated carbocycles. The van der Waals surface area contributed by atoms with Crippen LogP contribution in [0.1, 0.15) is 40.0 Å². The van der Waals surface area contributed by atoms with Crippen LogP contribution in [-0.4, -0.2) is 23.0 Å². The standard InChI is InChI=1S/C19H15F3N2O2/c1-11(13-5-7-24-17(10-13)19(20,21)22)12-3-4-16-15(9-12)14(6-8-23-16)18(25)26-2/h3-11H,1-2H3/t11-/m0/s1. The Morgan fingerprint density at radius 2 is 1.73 bits per heavy atom. The Bertz CT molecular complexity index is 970. The van der Waals surface area contributed by atoms with Gasteiger partial charge in [0, 0.05) is 23.7 Å². The number of methoxy groups -OCH3 is 1. The van der Waals surface area contributed by atoms with E-state index in [1.54, 1.807) is 37.3 Å². The number of aromatic nitrogens is 2. The van der Waals surface area contributed by atoms with Crippen molar-refractivity contribution in [3.05, 3.63) is 71.2 Å². The van der Waals surface area contributed by atoms with E-state index in [4.69, 9.17) is 4.74 Å². The molecule has 0 amide bonds. The highest BCUT2D eigenvalue weighted by Crippen LogP contribution is 2.32. The van der Waals surface area contributed by atoms with Crippen LogP contribution >= 0.6 is 0 Å². The van der Waals surface area contributed by atoms with Crippen molar-refractivity contribution < 1.29 is 22.7 Å². The molecule has 1 aromatic carbocycles. The average Bonchev–Trinajstić information content (AvgIpc) is 2.65. The van der Waals surface area contributed by atoms with Crippen molar-refractivity contribution >= 4 is 16.9 Å². The summed E-state index contributed by atoms with van der Waals surface area (Å²) in [7, 11) is 1.29. The number of ether oxygens (including phenoxy) is 1. The molecule has 0 fully saturated rings. The third kappa shape index (κ3) is 3.37. The molecule has 4 nitrogen and oxygen atoms in total. The Morgan fingerprint density at radius 3 is 2.42 bits per heavy atom. The van der Waals surface area contributed by atoms with Gasteiger partial charge in [0.05, 0.1) is 18.2 Å². The lowest BCUT2D eigenvalue weighted by molar-refractivity contribution is -0.141. The van der Waals surface area contributed by atoms with Gasteiger partial charge in [-0.3, -0.25) is 9.97 Å². The van der Waals surface area contributed by atoms with Crippen LogP contribution in [0.3, 0.4) is 0 Å². The van der Waals surface area contributed by atoms with Gasteiger partial charge in [-0.1, -0.05) is 13.0 Å². The molecule has 0 aliphatic heterocycles. The zero-order chi connectivity index (χ0) is 18.9. The fourth-order valence-electron chi connectivity index (χ4n) is 2.78. The van der Waals surface area contributed by atoms with Crippen LogP contribution < -0.4 is 0 Å². The first-order valence-corrected chi connectivity index (χ1v) is 7.81. The minimum atomic E-state index is -4.50. The zero-order valence-corrected chi connectivity index (χ0v) is 14.0. The first-order valence-electron chi connectivity index (χ1n) is 7.81. The lowest BCUT2D eigenvalue weighted by Gasteiger charge is -2.15. The predicted octanol–water partition coefficient (Wildman–Crippen LogP) is 4.59. The third-order valence-electron chi connectivity index (χ3n) is 4.25. The van der Waals surface area contributed by atoms with E-state index in [1.165, 1.54) is 13.3 Å². The summed E-state index contributed by atoms with van der Waals surface area (Å²) in [4.78, 5) is 19.6. The van der Waals surface area contributed by atoms with Crippen molar-refractivity contribution in [1.29, 1.82) is 0 Å². The highest BCUT2D eigenvalue weighted by molar-refractivity contribution is 6.03. The second kappa shape index (κ2) is 6.74. The molecule has 0 N–H and O–H groups in total. The number of rotatable bonds is 3. The molecule has 2 heterocycles. The molecule has 7 heteroatoms. The molecule has 26 heavy (non-hydrogen) atoms. The SMILES string of the molecule is COC(=O)c1ccnc2ccc([C@H](C)c3ccnc(C(F)(F)F)c3)cc12. The molecule has 3 rings (SSSR count). The summed E-state index contributed by atoms with van der Waals surface area (Å²) >= 11 is 0. The fraction of sp³-hybridized carbons (Fsp3) is 0.211. The Labute approximate surface area is 147 Å². The van der Waals surface area contributed by atoms with E-state index in [-0.39, 0.29) is 5.92 Å². The summed E-state index contributed by atoms with van der Waals surface area (Å²) < 4.78 is 43.5. The molecule has 0 bridgehead atoms. The predicted molar refractivity (Wildman–Crippen MR) is 89.8 cm³/mol. The number of hydrogen-bond donors (Lipinski definition) is 0. The smallest absolute Gasteiger partial charge is 0.433 e. The van der Waals surface area contributed by atoms with Crippen LogP contribution in [0.15, 0.2) is 48.8 Å². The van der Waals surface area contributed by atoms with Gasteiger partial charge >= 0.3 is 12.1 Å². The van der Waals surface area contributed by atoms with Crippen molar-refractivity contribution in [2.45, 2.75) is 19.0 Å². The quantitative estimate of drug-likeness (QED) is 0.641. The minimum absolute atomic E-state index is 0.325. The monoisotopic (exact) mass is 360 g/mol. The summed E-state index contributed by atoms with van der Waals surface area (Å²) in [5, 5.41) is 0.591. The van der Waals surface area contributed by atoms with Crippen LogP contribution in [0.5, 0.6) is 0 Å². The molecule has 2 aromatic heterocycles. The van der Waals surface area contributed by atoms with Crippen LogP contribution in [0.2, 0.25) is 0 Å². The number of nitrogens with zero attached hydrogens (tertiary/aromatic N) is 2. The van der Waals surface area contributed by atoms with Crippen molar-refractivity contribution in [1.82, 2.24) is 9.97 Å². The minimum Gasteiger partial charge on any atom is -0.465 e. The highest BCUT2D eigenvalue weighted by Gasteiger charge is 2.32. The maximum Gasteiger partial charge on any atom is 0.433 e. The molecule has 0 spiro atoms. The maximum atomic E-state index is 12.9. The lowest BCUT2D eigenvalue weighted by atomic mass is 9.91. The van der Waals surface area contributed by atoms with E-state index in [9.17, 15) is 18.0 Å². The number of carbonyl (C=O) groups is 1. The van der Waals surface area contributed by atoms with Crippen molar-refractivity contribution in [2.24, 2.45) is 0 Å². The van der Waals surface area contributed by atoms with Gasteiger partial charge in [-0.05, 0) is 41.5 Å². The van der Waals surface area contributed by atoms with Crippen molar-refractivity contribution in [3.8, 4) is 0 Å². The van der Waals surface area contributed by atoms with E-state index >= 15 is 0 Å². The maximum absolute atomic E-state index is 12.9. The number of fused-ring (bicyclic) bond motifs is 1. The normalized spacial score (nSPS) is 12.8. The van der Waals surface area contributed by atoms with E-state index < -0.39 is 17.8 Å². The van der Waals surface area contributed by atoms with Crippen LogP contribution in [-0.2, 0) is 10.9 Å². The van der Waals surface area contributed by atoms with Gasteiger partial charge in [-0.25, -0.2) is 4.79 Å². The molecular weight excluding hydrogens is 345 g/mol. The van der Waals surface area contributed by atoms with Gasteiger partial charge in [0.25, 0.3) is 0 Å². The molecule has 0 unspecified atom stereocenters. The summed E-state index contributed by atoms with van der Waals surface area (Å²) in [6.07, 6.45) is -1.84. The number of pyridine rings is 2. The number of hydrogen-bond acceptors (Lipinski definition) is 4. The molecular formula is C19H15F3N2O2. The zero-order valence-electron chi connectivity index (χ0n) is 14.0. The average molecular weight is 360 g/mol. The van der Waals surface area contributed by atoms with Gasteiger partial charge in [-0.2, -0.15) is 13.2 Å². The van der Waals surface area contributed by atoms with E-state index in [1.807, 2.05) is 0 Å². The van der Waals surface area contributed by atoms with Crippen molar-refractivity contribution in [3.63, 3.8) is 0 Å². The van der Waals surface area contributed by atoms with Gasteiger partial charge in [0.2, 0.25) is 0 Å². The third-order valence-corrected chi connectivity index (χ3v) is 4.25. The summed E-state index contributed by atoms with van der Waals surface area (Å²) in [5.74, 6) is -0.820.